The molecule has 0 aliphatic rings. The minimum Gasteiger partial charge on any atom is -0.405 e. The van der Waals surface area contributed by atoms with Crippen molar-refractivity contribution in [3.8, 4) is 33.9 Å². The van der Waals surface area contributed by atoms with Crippen molar-refractivity contribution >= 4 is 5.69 Å². The lowest BCUT2D eigenvalue weighted by Gasteiger charge is -2.18. The molecule has 3 aromatic rings. The molecule has 0 fully saturated rings. The van der Waals surface area contributed by atoms with Crippen LogP contribution in [0.5, 0.6) is 11.5 Å². The van der Waals surface area contributed by atoms with Gasteiger partial charge >= 0.3 is 12.7 Å². The molecule has 0 amide bonds. The number of nitrogens with two attached hydrogens (primary N) is 1. The minimum absolute atomic E-state index is 0.0445. The number of benzene rings is 2. The van der Waals surface area contributed by atoms with Crippen molar-refractivity contribution in [1.29, 1.82) is 0 Å². The predicted molar refractivity (Wildman–Crippen MR) is 92.9 cm³/mol. The Hall–Kier alpha value is -3.43. The molecular weight excluding hydrogens is 402 g/mol. The summed E-state index contributed by atoms with van der Waals surface area (Å²) in [6.07, 6.45) is -8.76. The average Bonchev–Trinajstić information content (AvgIpc) is 2.60. The number of anilines is 1. The zero-order valence-electron chi connectivity index (χ0n) is 14.4. The number of nitrogens with zero attached hydrogens (tertiary/aromatic N) is 1. The first-order chi connectivity index (χ1) is 13.5. The molecule has 2 aromatic carbocycles. The maximum atomic E-state index is 12.8. The third-order valence-electron chi connectivity index (χ3n) is 3.68. The van der Waals surface area contributed by atoms with Gasteiger partial charge in [0.15, 0.2) is 0 Å². The number of rotatable bonds is 4. The molecule has 3 rings (SSSR count). The van der Waals surface area contributed by atoms with E-state index < -0.39 is 24.2 Å². The molecule has 1 heterocycles. The van der Waals surface area contributed by atoms with Gasteiger partial charge in [0.2, 0.25) is 0 Å². The van der Waals surface area contributed by atoms with Crippen molar-refractivity contribution in [3.05, 3.63) is 60.8 Å². The third-order valence-corrected chi connectivity index (χ3v) is 3.68. The molecule has 29 heavy (non-hydrogen) atoms. The van der Waals surface area contributed by atoms with Crippen LogP contribution in [0.1, 0.15) is 0 Å². The second-order valence-electron chi connectivity index (χ2n) is 5.75. The van der Waals surface area contributed by atoms with Gasteiger partial charge in [0.1, 0.15) is 11.5 Å². The van der Waals surface area contributed by atoms with E-state index in [1.807, 2.05) is 0 Å². The maximum absolute atomic E-state index is 12.8. The average molecular weight is 414 g/mol. The summed E-state index contributed by atoms with van der Waals surface area (Å²) in [5, 5.41) is 0. The van der Waals surface area contributed by atoms with Gasteiger partial charge < -0.3 is 15.2 Å². The smallest absolute Gasteiger partial charge is 0.405 e. The molecule has 10 heteroatoms. The Bertz CT molecular complexity index is 1020. The molecule has 0 atom stereocenters. The summed E-state index contributed by atoms with van der Waals surface area (Å²) >= 11 is 0. The molecule has 4 nitrogen and oxygen atoms in total. The van der Waals surface area contributed by atoms with Crippen molar-refractivity contribution in [3.63, 3.8) is 0 Å². The van der Waals surface area contributed by atoms with Crippen molar-refractivity contribution < 1.29 is 35.8 Å². The standard InChI is InChI=1S/C19H12F6N2O2/c20-18(21,22)28-15-7-3-1-5-12(15)14-9-11(26)10-27-17(14)13-6-2-4-8-16(13)29-19(23,24)25/h1-10H,26H2. The topological polar surface area (TPSA) is 57.4 Å². The first-order valence-corrected chi connectivity index (χ1v) is 7.99. The van der Waals surface area contributed by atoms with Crippen LogP contribution in [0, 0.1) is 0 Å². The third kappa shape index (κ3) is 5.09. The Kier molecular flexibility index (Phi) is 5.27. The van der Waals surface area contributed by atoms with Crippen LogP contribution < -0.4 is 15.2 Å². The Morgan fingerprint density at radius 1 is 0.690 bits per heavy atom. The fourth-order valence-corrected chi connectivity index (χ4v) is 2.68. The first-order valence-electron chi connectivity index (χ1n) is 7.99. The molecule has 0 saturated carbocycles. The van der Waals surface area contributed by atoms with E-state index in [4.69, 9.17) is 5.73 Å². The van der Waals surface area contributed by atoms with E-state index in [0.717, 1.165) is 12.1 Å². The van der Waals surface area contributed by atoms with Gasteiger partial charge in [-0.05, 0) is 24.3 Å². The van der Waals surface area contributed by atoms with Crippen LogP contribution in [-0.2, 0) is 0 Å². The van der Waals surface area contributed by atoms with E-state index in [1.54, 1.807) is 0 Å². The van der Waals surface area contributed by atoms with Crippen molar-refractivity contribution in [2.75, 3.05) is 5.73 Å². The van der Waals surface area contributed by atoms with Crippen molar-refractivity contribution in [2.24, 2.45) is 0 Å². The Morgan fingerprint density at radius 3 is 1.72 bits per heavy atom. The summed E-state index contributed by atoms with van der Waals surface area (Å²) in [7, 11) is 0. The van der Waals surface area contributed by atoms with E-state index in [-0.39, 0.29) is 28.1 Å². The van der Waals surface area contributed by atoms with E-state index in [1.165, 1.54) is 48.7 Å². The van der Waals surface area contributed by atoms with Gasteiger partial charge in [-0.1, -0.05) is 30.3 Å². The number of hydrogen-bond acceptors (Lipinski definition) is 4. The zero-order valence-corrected chi connectivity index (χ0v) is 14.4. The van der Waals surface area contributed by atoms with Gasteiger partial charge in [0.25, 0.3) is 0 Å². The second kappa shape index (κ2) is 7.53. The highest BCUT2D eigenvalue weighted by Gasteiger charge is 2.34. The normalized spacial score (nSPS) is 11.9. The minimum atomic E-state index is -4.97. The van der Waals surface area contributed by atoms with Crippen molar-refractivity contribution in [1.82, 2.24) is 4.98 Å². The summed E-state index contributed by atoms with van der Waals surface area (Å²) in [5.74, 6) is -1.12. The Morgan fingerprint density at radius 2 is 1.17 bits per heavy atom. The van der Waals surface area contributed by atoms with Gasteiger partial charge in [0, 0.05) is 16.7 Å². The highest BCUT2D eigenvalue weighted by Crippen LogP contribution is 2.42. The molecule has 0 saturated heterocycles. The van der Waals surface area contributed by atoms with Crippen LogP contribution in [0.2, 0.25) is 0 Å². The summed E-state index contributed by atoms with van der Waals surface area (Å²) in [6.45, 7) is 0. The molecular formula is C19H12F6N2O2. The maximum Gasteiger partial charge on any atom is 0.573 e. The first kappa shape index (κ1) is 20.3. The quantitative estimate of drug-likeness (QED) is 0.549. The molecule has 1 aromatic heterocycles. The lowest BCUT2D eigenvalue weighted by Crippen LogP contribution is -2.18. The lowest BCUT2D eigenvalue weighted by molar-refractivity contribution is -0.275. The van der Waals surface area contributed by atoms with Gasteiger partial charge in [-0.25, -0.2) is 0 Å². The van der Waals surface area contributed by atoms with Gasteiger partial charge in [-0.15, -0.1) is 26.3 Å². The number of pyridine rings is 1. The number of hydrogen-bond donors (Lipinski definition) is 1. The molecule has 0 aliphatic heterocycles. The Balaban J connectivity index is 2.21. The summed E-state index contributed by atoms with van der Waals surface area (Å²) in [5.41, 5.74) is 5.67. The largest absolute Gasteiger partial charge is 0.573 e. The molecule has 0 bridgehead atoms. The van der Waals surface area contributed by atoms with Crippen molar-refractivity contribution in [2.45, 2.75) is 12.7 Å². The fraction of sp³-hybridized carbons (Fsp3) is 0.105. The summed E-state index contributed by atoms with van der Waals surface area (Å²) < 4.78 is 84.7. The molecule has 0 radical (unpaired) electrons. The lowest BCUT2D eigenvalue weighted by atomic mass is 9.97. The number of alkyl halides is 6. The molecule has 0 unspecified atom stereocenters. The van der Waals surface area contributed by atoms with Crippen LogP contribution in [0.3, 0.4) is 0 Å². The van der Waals surface area contributed by atoms with Gasteiger partial charge in [-0.3, -0.25) is 4.98 Å². The zero-order chi connectivity index (χ0) is 21.2. The van der Waals surface area contributed by atoms with E-state index in [0.29, 0.717) is 0 Å². The van der Waals surface area contributed by atoms with Gasteiger partial charge in [0.05, 0.1) is 17.6 Å². The SMILES string of the molecule is Nc1cnc(-c2ccccc2OC(F)(F)F)c(-c2ccccc2OC(F)(F)F)c1. The number of nitrogen functional groups attached to an aromatic ring is 1. The van der Waals surface area contributed by atoms with Crippen LogP contribution in [0.25, 0.3) is 22.4 Å². The van der Waals surface area contributed by atoms with Crippen LogP contribution in [0.4, 0.5) is 32.0 Å². The van der Waals surface area contributed by atoms with E-state index >= 15 is 0 Å². The second-order valence-corrected chi connectivity index (χ2v) is 5.75. The molecule has 2 N–H and O–H groups in total. The highest BCUT2D eigenvalue weighted by atomic mass is 19.4. The summed E-state index contributed by atoms with van der Waals surface area (Å²) in [6, 6.07) is 11.6. The fourth-order valence-electron chi connectivity index (χ4n) is 2.68. The molecule has 0 aliphatic carbocycles. The van der Waals surface area contributed by atoms with E-state index in [2.05, 4.69) is 14.5 Å². The highest BCUT2D eigenvalue weighted by molar-refractivity contribution is 5.87. The number of ether oxygens (including phenoxy) is 2. The monoisotopic (exact) mass is 414 g/mol. The predicted octanol–water partition coefficient (Wildman–Crippen LogP) is 5.80. The molecule has 152 valence electrons. The Labute approximate surface area is 160 Å². The molecule has 0 spiro atoms. The number of halogens is 6. The number of para-hydroxylation sites is 2. The van der Waals surface area contributed by atoms with Crippen LogP contribution in [0.15, 0.2) is 60.8 Å². The summed E-state index contributed by atoms with van der Waals surface area (Å²) in [4.78, 5) is 4.04. The van der Waals surface area contributed by atoms with Crippen LogP contribution >= 0.6 is 0 Å². The number of aromatic nitrogens is 1. The van der Waals surface area contributed by atoms with Crippen LogP contribution in [-0.4, -0.2) is 17.7 Å². The van der Waals surface area contributed by atoms with E-state index in [9.17, 15) is 26.3 Å². The van der Waals surface area contributed by atoms with Gasteiger partial charge in [-0.2, -0.15) is 0 Å².